The van der Waals surface area contributed by atoms with Gasteiger partial charge in [-0.05, 0) is 30.9 Å². The highest BCUT2D eigenvalue weighted by molar-refractivity contribution is 6.17. The van der Waals surface area contributed by atoms with Crippen LogP contribution >= 0.6 is 11.6 Å². The van der Waals surface area contributed by atoms with Crippen molar-refractivity contribution in [1.29, 1.82) is 0 Å². The first-order valence-electron chi connectivity index (χ1n) is 5.13. The Hall–Kier alpha value is -1.35. The molecule has 0 aliphatic heterocycles. The number of unbranched alkanes of at least 4 members (excludes halogenated alkanes) is 1. The average Bonchev–Trinajstić information content (AvgIpc) is 2.29. The molecular formula is C12H14ClNO2. The summed E-state index contributed by atoms with van der Waals surface area (Å²) < 4.78 is 0. The Morgan fingerprint density at radius 2 is 2.12 bits per heavy atom. The van der Waals surface area contributed by atoms with E-state index < -0.39 is 5.91 Å². The highest BCUT2D eigenvalue weighted by atomic mass is 35.5. The molecule has 2 N–H and O–H groups in total. The molecule has 0 fully saturated rings. The predicted octanol–water partition coefficient (Wildman–Crippen LogP) is 2.16. The fraction of sp³-hybridized carbons (Fsp3) is 0.333. The number of amides is 1. The molecule has 1 amide bonds. The van der Waals surface area contributed by atoms with E-state index in [2.05, 4.69) is 0 Å². The minimum absolute atomic E-state index is 0.290. The van der Waals surface area contributed by atoms with Crippen molar-refractivity contribution < 1.29 is 9.59 Å². The number of carbonyl (C=O) groups is 2. The van der Waals surface area contributed by atoms with E-state index in [1.807, 2.05) is 6.07 Å². The summed E-state index contributed by atoms with van der Waals surface area (Å²) in [5, 5.41) is 0. The number of nitrogens with two attached hydrogens (primary N) is 1. The Labute approximate surface area is 99.6 Å². The maximum absolute atomic E-state index is 11.1. The van der Waals surface area contributed by atoms with Gasteiger partial charge >= 0.3 is 0 Å². The van der Waals surface area contributed by atoms with Crippen molar-refractivity contribution in [1.82, 2.24) is 0 Å². The zero-order valence-electron chi connectivity index (χ0n) is 8.91. The summed E-state index contributed by atoms with van der Waals surface area (Å²) in [5.74, 6) is 0.0349. The van der Waals surface area contributed by atoms with Gasteiger partial charge in [-0.3, -0.25) is 9.59 Å². The molecule has 0 spiro atoms. The summed E-state index contributed by atoms with van der Waals surface area (Å²) in [7, 11) is 0. The Morgan fingerprint density at radius 1 is 1.38 bits per heavy atom. The van der Waals surface area contributed by atoms with Crippen LogP contribution in [0.3, 0.4) is 0 Å². The second-order valence-electron chi connectivity index (χ2n) is 3.51. The molecule has 4 heteroatoms. The van der Waals surface area contributed by atoms with Crippen LogP contribution < -0.4 is 5.73 Å². The Balaban J connectivity index is 2.95. The maximum Gasteiger partial charge on any atom is 0.249 e. The second kappa shape index (κ2) is 6.28. The zero-order valence-corrected chi connectivity index (χ0v) is 9.67. The number of aryl methyl sites for hydroxylation is 1. The minimum Gasteiger partial charge on any atom is -0.366 e. The van der Waals surface area contributed by atoms with Gasteiger partial charge in [0, 0.05) is 17.0 Å². The second-order valence-corrected chi connectivity index (χ2v) is 3.88. The molecule has 86 valence electrons. The molecule has 1 rings (SSSR count). The third-order valence-corrected chi connectivity index (χ3v) is 2.68. The molecule has 0 bridgehead atoms. The van der Waals surface area contributed by atoms with E-state index in [0.29, 0.717) is 23.3 Å². The van der Waals surface area contributed by atoms with Gasteiger partial charge in [0.2, 0.25) is 5.91 Å². The van der Waals surface area contributed by atoms with Crippen LogP contribution in [0.25, 0.3) is 0 Å². The van der Waals surface area contributed by atoms with E-state index in [4.69, 9.17) is 17.3 Å². The standard InChI is InChI=1S/C12H14ClNO2/c13-7-2-1-4-9-5-3-6-10(12(14)16)11(9)8-15/h3,5-6,8H,1-2,4,7H2,(H2,14,16). The number of alkyl halides is 1. The molecule has 16 heavy (non-hydrogen) atoms. The van der Waals surface area contributed by atoms with E-state index in [1.54, 1.807) is 12.1 Å². The molecule has 0 saturated carbocycles. The number of hydrogen-bond acceptors (Lipinski definition) is 2. The lowest BCUT2D eigenvalue weighted by molar-refractivity contribution is 0.0993. The minimum atomic E-state index is -0.568. The largest absolute Gasteiger partial charge is 0.366 e. The number of benzene rings is 1. The monoisotopic (exact) mass is 239 g/mol. The Morgan fingerprint density at radius 3 is 2.69 bits per heavy atom. The van der Waals surface area contributed by atoms with Crippen LogP contribution in [0, 0.1) is 0 Å². The third kappa shape index (κ3) is 3.07. The van der Waals surface area contributed by atoms with Crippen molar-refractivity contribution in [2.75, 3.05) is 5.88 Å². The summed E-state index contributed by atoms with van der Waals surface area (Å²) in [5.41, 5.74) is 6.75. The number of carbonyl (C=O) groups excluding carboxylic acids is 2. The summed E-state index contributed by atoms with van der Waals surface area (Å²) in [6.07, 6.45) is 3.21. The van der Waals surface area contributed by atoms with Crippen molar-refractivity contribution in [3.63, 3.8) is 0 Å². The molecule has 0 unspecified atom stereocenters. The van der Waals surface area contributed by atoms with Crippen molar-refractivity contribution in [3.8, 4) is 0 Å². The fourth-order valence-corrected chi connectivity index (χ4v) is 1.78. The van der Waals surface area contributed by atoms with Gasteiger partial charge in [0.05, 0.1) is 0 Å². The average molecular weight is 240 g/mol. The van der Waals surface area contributed by atoms with Crippen LogP contribution in [0.2, 0.25) is 0 Å². The van der Waals surface area contributed by atoms with Crippen LogP contribution in [0.1, 0.15) is 39.1 Å². The van der Waals surface area contributed by atoms with Gasteiger partial charge < -0.3 is 5.73 Å². The molecular weight excluding hydrogens is 226 g/mol. The third-order valence-electron chi connectivity index (χ3n) is 2.41. The molecule has 0 aliphatic carbocycles. The lowest BCUT2D eigenvalue weighted by atomic mass is 9.98. The van der Waals surface area contributed by atoms with Crippen molar-refractivity contribution in [2.45, 2.75) is 19.3 Å². The molecule has 3 nitrogen and oxygen atoms in total. The number of primary amides is 1. The highest BCUT2D eigenvalue weighted by Crippen LogP contribution is 2.15. The smallest absolute Gasteiger partial charge is 0.249 e. The van der Waals surface area contributed by atoms with Crippen molar-refractivity contribution >= 4 is 23.8 Å². The van der Waals surface area contributed by atoms with Crippen LogP contribution in [-0.4, -0.2) is 18.1 Å². The molecule has 0 atom stereocenters. The quantitative estimate of drug-likeness (QED) is 0.470. The summed E-state index contributed by atoms with van der Waals surface area (Å²) in [6.45, 7) is 0. The van der Waals surface area contributed by atoms with Gasteiger partial charge in [-0.25, -0.2) is 0 Å². The van der Waals surface area contributed by atoms with Gasteiger partial charge in [0.15, 0.2) is 6.29 Å². The van der Waals surface area contributed by atoms with E-state index >= 15 is 0 Å². The van der Waals surface area contributed by atoms with Gasteiger partial charge in [0.1, 0.15) is 0 Å². The number of hydrogen-bond donors (Lipinski definition) is 1. The molecule has 0 heterocycles. The summed E-state index contributed by atoms with van der Waals surface area (Å²) >= 11 is 5.58. The number of rotatable bonds is 6. The molecule has 1 aromatic rings. The zero-order chi connectivity index (χ0) is 12.0. The molecule has 0 radical (unpaired) electrons. The first-order valence-corrected chi connectivity index (χ1v) is 5.67. The molecule has 0 saturated heterocycles. The SMILES string of the molecule is NC(=O)c1cccc(CCCCCl)c1C=O. The van der Waals surface area contributed by atoms with Crippen molar-refractivity contribution in [3.05, 3.63) is 34.9 Å². The molecule has 0 aromatic heterocycles. The van der Waals surface area contributed by atoms with E-state index in [-0.39, 0.29) is 0 Å². The van der Waals surface area contributed by atoms with E-state index in [9.17, 15) is 9.59 Å². The number of aldehydes is 1. The summed E-state index contributed by atoms with van der Waals surface area (Å²) in [4.78, 5) is 22.1. The lowest BCUT2D eigenvalue weighted by Gasteiger charge is -2.07. The maximum atomic E-state index is 11.1. The van der Waals surface area contributed by atoms with Crippen LogP contribution in [0.15, 0.2) is 18.2 Å². The first kappa shape index (κ1) is 12.7. The number of halogens is 1. The Bertz CT molecular complexity index is 391. The fourth-order valence-electron chi connectivity index (χ4n) is 1.60. The van der Waals surface area contributed by atoms with Gasteiger partial charge in [-0.2, -0.15) is 0 Å². The topological polar surface area (TPSA) is 60.2 Å². The molecule has 1 aromatic carbocycles. The van der Waals surface area contributed by atoms with Crippen LogP contribution in [-0.2, 0) is 6.42 Å². The first-order chi connectivity index (χ1) is 7.70. The van der Waals surface area contributed by atoms with E-state index in [0.717, 1.165) is 24.8 Å². The van der Waals surface area contributed by atoms with Gasteiger partial charge in [-0.1, -0.05) is 12.1 Å². The van der Waals surface area contributed by atoms with Crippen LogP contribution in [0.5, 0.6) is 0 Å². The van der Waals surface area contributed by atoms with E-state index in [1.165, 1.54) is 0 Å². The normalized spacial score (nSPS) is 10.1. The highest BCUT2D eigenvalue weighted by Gasteiger charge is 2.11. The van der Waals surface area contributed by atoms with Gasteiger partial charge in [-0.15, -0.1) is 11.6 Å². The predicted molar refractivity (Wildman–Crippen MR) is 64.0 cm³/mol. The molecule has 0 aliphatic rings. The van der Waals surface area contributed by atoms with Crippen LogP contribution in [0.4, 0.5) is 0 Å². The summed E-state index contributed by atoms with van der Waals surface area (Å²) in [6, 6.07) is 5.14. The lowest BCUT2D eigenvalue weighted by Crippen LogP contribution is -2.14. The van der Waals surface area contributed by atoms with Gasteiger partial charge in [0.25, 0.3) is 0 Å². The Kier molecular flexibility index (Phi) is 4.99. The van der Waals surface area contributed by atoms with Crippen molar-refractivity contribution in [2.24, 2.45) is 5.73 Å².